The molecule has 13 heteroatoms. The van der Waals surface area contributed by atoms with Crippen molar-refractivity contribution in [2.75, 3.05) is 75.5 Å². The maximum absolute atomic E-state index is 14.8. The number of amides is 1. The minimum absolute atomic E-state index is 0.143. The maximum Gasteiger partial charge on any atom is 0.313 e. The highest BCUT2D eigenvalue weighted by Crippen LogP contribution is 2.36. The lowest BCUT2D eigenvalue weighted by Crippen LogP contribution is -2.37. The lowest BCUT2D eigenvalue weighted by Gasteiger charge is -2.28. The number of nitrogens with one attached hydrogen (secondary N) is 2. The zero-order valence-electron chi connectivity index (χ0n) is 24.6. The van der Waals surface area contributed by atoms with Gasteiger partial charge in [0.1, 0.15) is 11.6 Å². The molecule has 5 rings (SSSR count). The lowest BCUT2D eigenvalue weighted by molar-refractivity contribution is -0.145. The van der Waals surface area contributed by atoms with E-state index in [9.17, 15) is 14.0 Å². The van der Waals surface area contributed by atoms with Crippen molar-refractivity contribution in [1.29, 1.82) is 0 Å². The fourth-order valence-electron chi connectivity index (χ4n) is 5.35. The fourth-order valence-corrected chi connectivity index (χ4v) is 5.52. The summed E-state index contributed by atoms with van der Waals surface area (Å²) in [6, 6.07) is 9.38. The number of cyclic esters (lactones) is 1. The van der Waals surface area contributed by atoms with Crippen LogP contribution < -0.4 is 15.5 Å². The van der Waals surface area contributed by atoms with E-state index in [2.05, 4.69) is 42.7 Å². The molecule has 1 atom stereocenters. The van der Waals surface area contributed by atoms with Crippen LogP contribution in [0, 0.1) is 11.2 Å². The van der Waals surface area contributed by atoms with Crippen LogP contribution in [0.5, 0.6) is 0 Å². The Bertz CT molecular complexity index is 1490. The van der Waals surface area contributed by atoms with Crippen molar-refractivity contribution < 1.29 is 18.7 Å². The fraction of sp³-hybridized carbons (Fsp3) is 0.433. The molecule has 2 N–H and O–H groups in total. The third-order valence-electron chi connectivity index (χ3n) is 7.79. The molecular formula is C30H36ClFN8O3. The van der Waals surface area contributed by atoms with Gasteiger partial charge in [-0.05, 0) is 70.2 Å². The Balaban J connectivity index is 1.38. The van der Waals surface area contributed by atoms with E-state index >= 15 is 0 Å². The van der Waals surface area contributed by atoms with E-state index in [1.165, 1.54) is 18.2 Å². The second-order valence-corrected chi connectivity index (χ2v) is 11.9. The van der Waals surface area contributed by atoms with Crippen LogP contribution in [0.15, 0.2) is 42.6 Å². The lowest BCUT2D eigenvalue weighted by atomic mass is 9.88. The number of carbonyl (C=O) groups is 2. The van der Waals surface area contributed by atoms with Gasteiger partial charge in [0.05, 0.1) is 29.9 Å². The molecule has 228 valence electrons. The number of pyridine rings is 1. The molecule has 0 bridgehead atoms. The van der Waals surface area contributed by atoms with E-state index < -0.39 is 11.2 Å². The zero-order valence-corrected chi connectivity index (χ0v) is 25.3. The van der Waals surface area contributed by atoms with Crippen LogP contribution in [0.25, 0.3) is 11.3 Å². The Kier molecular flexibility index (Phi) is 9.38. The summed E-state index contributed by atoms with van der Waals surface area (Å²) in [5, 5.41) is 15.3. The second-order valence-electron chi connectivity index (χ2n) is 11.4. The number of benzene rings is 1. The van der Waals surface area contributed by atoms with Crippen molar-refractivity contribution in [3.05, 3.63) is 53.4 Å². The van der Waals surface area contributed by atoms with E-state index in [1.54, 1.807) is 24.4 Å². The second kappa shape index (κ2) is 13.2. The molecule has 3 aromatic rings. The molecule has 1 aromatic carbocycles. The van der Waals surface area contributed by atoms with Gasteiger partial charge in [0.25, 0.3) is 0 Å². The molecule has 2 saturated heterocycles. The van der Waals surface area contributed by atoms with Crippen LogP contribution in [-0.4, -0.2) is 96.8 Å². The molecule has 0 aliphatic carbocycles. The number of ether oxygens (including phenoxy) is 1. The van der Waals surface area contributed by atoms with Gasteiger partial charge >= 0.3 is 5.97 Å². The predicted molar refractivity (Wildman–Crippen MR) is 164 cm³/mol. The number of likely N-dealkylation sites (N-methyl/N-ethyl adjacent to an activating group) is 1. The maximum atomic E-state index is 14.8. The molecule has 43 heavy (non-hydrogen) atoms. The van der Waals surface area contributed by atoms with Crippen LogP contribution in [0.3, 0.4) is 0 Å². The Morgan fingerprint density at radius 3 is 2.79 bits per heavy atom. The van der Waals surface area contributed by atoms with Crippen molar-refractivity contribution in [1.82, 2.24) is 25.0 Å². The minimum atomic E-state index is -0.706. The standard InChI is InChI=1S/C30H36ClFN8O3/c1-30(8-14-43-29(30)42)19-39(3)28-25(17-24(36-37-28)22-15-20(31)5-6-23(22)32)34-21-7-9-33-26(16-21)35-27(41)18-40-11-4-10-38(2)12-13-40/h5-7,9,15-17H,4,8,10-14,18-19H2,1-3H3,(H2,33,34,35,36,41). The molecule has 0 radical (unpaired) electrons. The summed E-state index contributed by atoms with van der Waals surface area (Å²) in [4.78, 5) is 35.8. The monoisotopic (exact) mass is 610 g/mol. The molecule has 2 aliphatic heterocycles. The first kappa shape index (κ1) is 30.6. The van der Waals surface area contributed by atoms with E-state index in [0.717, 1.165) is 32.6 Å². The molecule has 4 heterocycles. The normalized spacial score (nSPS) is 19.5. The minimum Gasteiger partial charge on any atom is -0.465 e. The Labute approximate surface area is 255 Å². The van der Waals surface area contributed by atoms with Crippen LogP contribution in [0.2, 0.25) is 5.02 Å². The summed E-state index contributed by atoms with van der Waals surface area (Å²) in [7, 11) is 3.90. The third-order valence-corrected chi connectivity index (χ3v) is 8.03. The van der Waals surface area contributed by atoms with Gasteiger partial charge in [0.2, 0.25) is 5.91 Å². The molecule has 0 saturated carbocycles. The SMILES string of the molecule is CN1CCCN(CC(=O)Nc2cc(Nc3cc(-c4cc(Cl)ccc4F)nnc3N(C)CC3(C)CCOC3=O)ccn2)CC1. The Hall–Kier alpha value is -3.87. The summed E-state index contributed by atoms with van der Waals surface area (Å²) in [6.07, 6.45) is 3.18. The smallest absolute Gasteiger partial charge is 0.313 e. The van der Waals surface area contributed by atoms with Crippen molar-refractivity contribution in [2.45, 2.75) is 19.8 Å². The van der Waals surface area contributed by atoms with Gasteiger partial charge in [-0.3, -0.25) is 14.5 Å². The molecule has 11 nitrogen and oxygen atoms in total. The van der Waals surface area contributed by atoms with Gasteiger partial charge < -0.3 is 25.2 Å². The van der Waals surface area contributed by atoms with E-state index in [1.807, 2.05) is 18.9 Å². The molecule has 2 aromatic heterocycles. The summed E-state index contributed by atoms with van der Waals surface area (Å²) in [5.41, 5.74) is 0.901. The first-order valence-corrected chi connectivity index (χ1v) is 14.6. The number of hydrogen-bond donors (Lipinski definition) is 2. The number of rotatable bonds is 9. The molecular weight excluding hydrogens is 575 g/mol. The Morgan fingerprint density at radius 1 is 1.16 bits per heavy atom. The average Bonchev–Trinajstić information content (AvgIpc) is 3.15. The summed E-state index contributed by atoms with van der Waals surface area (Å²) < 4.78 is 20.0. The van der Waals surface area contributed by atoms with Crippen LogP contribution in [-0.2, 0) is 14.3 Å². The van der Waals surface area contributed by atoms with Crippen molar-refractivity contribution in [3.63, 3.8) is 0 Å². The van der Waals surface area contributed by atoms with Gasteiger partial charge in [-0.2, -0.15) is 0 Å². The number of esters is 1. The van der Waals surface area contributed by atoms with Gasteiger partial charge in [-0.25, -0.2) is 9.37 Å². The van der Waals surface area contributed by atoms with E-state index in [0.29, 0.717) is 47.6 Å². The Morgan fingerprint density at radius 2 is 2.00 bits per heavy atom. The third kappa shape index (κ3) is 7.56. The van der Waals surface area contributed by atoms with Crippen molar-refractivity contribution in [3.8, 4) is 11.3 Å². The van der Waals surface area contributed by atoms with Gasteiger partial charge in [-0.1, -0.05) is 11.6 Å². The molecule has 1 amide bonds. The molecule has 0 spiro atoms. The largest absolute Gasteiger partial charge is 0.465 e. The van der Waals surface area contributed by atoms with Crippen molar-refractivity contribution in [2.24, 2.45) is 5.41 Å². The number of halogens is 2. The quantitative estimate of drug-likeness (QED) is 0.344. The van der Waals surface area contributed by atoms with Crippen molar-refractivity contribution >= 4 is 46.5 Å². The molecule has 2 fully saturated rings. The van der Waals surface area contributed by atoms with Gasteiger partial charge in [0, 0.05) is 55.2 Å². The first-order chi connectivity index (χ1) is 20.6. The summed E-state index contributed by atoms with van der Waals surface area (Å²) in [6.45, 7) is 6.48. The zero-order chi connectivity index (χ0) is 30.6. The summed E-state index contributed by atoms with van der Waals surface area (Å²) >= 11 is 6.15. The van der Waals surface area contributed by atoms with Crippen LogP contribution in [0.4, 0.5) is 27.4 Å². The first-order valence-electron chi connectivity index (χ1n) is 14.2. The molecule has 2 aliphatic rings. The number of aromatic nitrogens is 3. The predicted octanol–water partition coefficient (Wildman–Crippen LogP) is 4.04. The van der Waals surface area contributed by atoms with Crippen LogP contribution in [0.1, 0.15) is 19.8 Å². The number of carbonyl (C=O) groups excluding carboxylic acids is 2. The highest BCUT2D eigenvalue weighted by atomic mass is 35.5. The van der Waals surface area contributed by atoms with Gasteiger partial charge in [0.15, 0.2) is 5.82 Å². The highest BCUT2D eigenvalue weighted by molar-refractivity contribution is 6.30. The molecule has 1 unspecified atom stereocenters. The number of anilines is 4. The van der Waals surface area contributed by atoms with E-state index in [4.69, 9.17) is 16.3 Å². The summed E-state index contributed by atoms with van der Waals surface area (Å²) in [5.74, 6) is -0.0597. The van der Waals surface area contributed by atoms with E-state index in [-0.39, 0.29) is 29.7 Å². The number of hydrogen-bond acceptors (Lipinski definition) is 10. The topological polar surface area (TPSA) is 116 Å². The highest BCUT2D eigenvalue weighted by Gasteiger charge is 2.41. The van der Waals surface area contributed by atoms with Gasteiger partial charge in [-0.15, -0.1) is 10.2 Å². The average molecular weight is 611 g/mol. The number of nitrogens with zero attached hydrogens (tertiary/aromatic N) is 6. The van der Waals surface area contributed by atoms with Crippen LogP contribution >= 0.6 is 11.6 Å².